The van der Waals surface area contributed by atoms with E-state index in [0.29, 0.717) is 17.3 Å². The van der Waals surface area contributed by atoms with Crippen molar-refractivity contribution in [3.63, 3.8) is 0 Å². The zero-order valence-corrected chi connectivity index (χ0v) is 12.4. The van der Waals surface area contributed by atoms with Crippen molar-refractivity contribution >= 4 is 17.7 Å². The van der Waals surface area contributed by atoms with Crippen LogP contribution in [-0.4, -0.2) is 23.7 Å². The highest BCUT2D eigenvalue weighted by molar-refractivity contribution is 5.85. The summed E-state index contributed by atoms with van der Waals surface area (Å²) in [4.78, 5) is 12.7. The van der Waals surface area contributed by atoms with Gasteiger partial charge >= 0.3 is 5.97 Å². The van der Waals surface area contributed by atoms with Crippen molar-refractivity contribution in [2.75, 3.05) is 11.4 Å². The van der Waals surface area contributed by atoms with Crippen LogP contribution in [0.5, 0.6) is 0 Å². The van der Waals surface area contributed by atoms with Crippen LogP contribution in [0.2, 0.25) is 0 Å². The Morgan fingerprint density at radius 1 is 1.48 bits per heavy atom. The van der Waals surface area contributed by atoms with Crippen molar-refractivity contribution in [3.8, 4) is 0 Å². The quantitative estimate of drug-likeness (QED) is 0.831. The number of carboxylic acids is 1. The molecule has 0 spiro atoms. The van der Waals surface area contributed by atoms with Gasteiger partial charge in [0, 0.05) is 18.7 Å². The number of benzene rings is 1. The van der Waals surface area contributed by atoms with Crippen LogP contribution in [0, 0.1) is 5.82 Å². The van der Waals surface area contributed by atoms with Gasteiger partial charge in [-0.3, -0.25) is 0 Å². The molecule has 114 valence electrons. The van der Waals surface area contributed by atoms with Crippen LogP contribution in [0.3, 0.4) is 0 Å². The smallest absolute Gasteiger partial charge is 0.328 e. The molecule has 1 N–H and O–H groups in total. The van der Waals surface area contributed by atoms with E-state index in [2.05, 4.69) is 11.8 Å². The highest BCUT2D eigenvalue weighted by atomic mass is 19.1. The lowest BCUT2D eigenvalue weighted by Crippen LogP contribution is -2.40. The molecule has 1 fully saturated rings. The summed E-state index contributed by atoms with van der Waals surface area (Å²) in [6, 6.07) is 5.37. The molecule has 1 aliphatic heterocycles. The number of anilines is 1. The fourth-order valence-corrected chi connectivity index (χ4v) is 2.98. The predicted octanol–water partition coefficient (Wildman–Crippen LogP) is 4.08. The topological polar surface area (TPSA) is 40.5 Å². The highest BCUT2D eigenvalue weighted by Gasteiger charge is 2.23. The first-order valence-corrected chi connectivity index (χ1v) is 7.59. The molecule has 1 aromatic rings. The number of carbonyl (C=O) groups is 1. The number of aliphatic carboxylic acids is 1. The number of hydrogen-bond donors (Lipinski definition) is 1. The van der Waals surface area contributed by atoms with E-state index >= 15 is 0 Å². The Labute approximate surface area is 125 Å². The number of hydrogen-bond acceptors (Lipinski definition) is 2. The van der Waals surface area contributed by atoms with E-state index in [1.165, 1.54) is 18.6 Å². The van der Waals surface area contributed by atoms with E-state index in [1.54, 1.807) is 12.1 Å². The van der Waals surface area contributed by atoms with Crippen LogP contribution in [-0.2, 0) is 4.79 Å². The van der Waals surface area contributed by atoms with Gasteiger partial charge in [0.25, 0.3) is 0 Å². The SMILES string of the molecule is CCCC1CCCCN1c1ccc(/C=C/C(=O)O)cc1F. The Morgan fingerprint density at radius 2 is 2.29 bits per heavy atom. The molecule has 21 heavy (non-hydrogen) atoms. The number of piperidine rings is 1. The van der Waals surface area contributed by atoms with E-state index in [-0.39, 0.29) is 5.82 Å². The molecule has 1 aromatic carbocycles. The number of nitrogens with zero attached hydrogens (tertiary/aromatic N) is 1. The molecule has 4 heteroatoms. The van der Waals surface area contributed by atoms with Gasteiger partial charge in [-0.1, -0.05) is 19.4 Å². The summed E-state index contributed by atoms with van der Waals surface area (Å²) in [6.45, 7) is 3.05. The lowest BCUT2D eigenvalue weighted by atomic mass is 9.97. The summed E-state index contributed by atoms with van der Waals surface area (Å²) in [7, 11) is 0. The third-order valence-corrected chi connectivity index (χ3v) is 3.95. The number of halogens is 1. The summed E-state index contributed by atoms with van der Waals surface area (Å²) >= 11 is 0. The van der Waals surface area contributed by atoms with E-state index in [4.69, 9.17) is 5.11 Å². The van der Waals surface area contributed by atoms with Gasteiger partial charge in [-0.25, -0.2) is 9.18 Å². The minimum Gasteiger partial charge on any atom is -0.478 e. The normalized spacial score (nSPS) is 19.1. The van der Waals surface area contributed by atoms with Crippen LogP contribution in [0.1, 0.15) is 44.6 Å². The lowest BCUT2D eigenvalue weighted by molar-refractivity contribution is -0.131. The zero-order valence-electron chi connectivity index (χ0n) is 12.4. The molecule has 2 rings (SSSR count). The molecule has 0 bridgehead atoms. The Balaban J connectivity index is 2.20. The summed E-state index contributed by atoms with van der Waals surface area (Å²) in [5.41, 5.74) is 1.21. The first-order valence-electron chi connectivity index (χ1n) is 7.59. The van der Waals surface area contributed by atoms with Gasteiger partial charge in [0.15, 0.2) is 0 Å². The van der Waals surface area contributed by atoms with Crippen LogP contribution in [0.25, 0.3) is 6.08 Å². The van der Waals surface area contributed by atoms with Crippen molar-refractivity contribution in [3.05, 3.63) is 35.7 Å². The second-order valence-corrected chi connectivity index (χ2v) is 5.51. The fraction of sp³-hybridized carbons (Fsp3) is 0.471. The van der Waals surface area contributed by atoms with Crippen LogP contribution < -0.4 is 4.90 Å². The standard InChI is InChI=1S/C17H22FNO2/c1-2-5-14-6-3-4-11-19(14)16-9-7-13(12-15(16)18)8-10-17(20)21/h7-10,12,14H,2-6,11H2,1H3,(H,20,21)/b10-8+. The van der Waals surface area contributed by atoms with Gasteiger partial charge in [-0.05, 0) is 49.5 Å². The molecule has 1 aliphatic rings. The van der Waals surface area contributed by atoms with Crippen molar-refractivity contribution < 1.29 is 14.3 Å². The van der Waals surface area contributed by atoms with E-state index in [0.717, 1.165) is 38.3 Å². The van der Waals surface area contributed by atoms with Crippen LogP contribution in [0.15, 0.2) is 24.3 Å². The Hall–Kier alpha value is -1.84. The van der Waals surface area contributed by atoms with Crippen LogP contribution in [0.4, 0.5) is 10.1 Å². The molecular weight excluding hydrogens is 269 g/mol. The monoisotopic (exact) mass is 291 g/mol. The van der Waals surface area contributed by atoms with Gasteiger partial charge in [0.05, 0.1) is 5.69 Å². The maximum Gasteiger partial charge on any atom is 0.328 e. The number of carboxylic acid groups (broad SMARTS) is 1. The van der Waals surface area contributed by atoms with Crippen molar-refractivity contribution in [1.29, 1.82) is 0 Å². The summed E-state index contributed by atoms with van der Waals surface area (Å²) in [5.74, 6) is -1.30. The van der Waals surface area contributed by atoms with E-state index in [1.807, 2.05) is 0 Å². The predicted molar refractivity (Wildman–Crippen MR) is 83.0 cm³/mol. The van der Waals surface area contributed by atoms with E-state index in [9.17, 15) is 9.18 Å². The molecule has 3 nitrogen and oxygen atoms in total. The first-order chi connectivity index (χ1) is 10.1. The van der Waals surface area contributed by atoms with Crippen molar-refractivity contribution in [2.45, 2.75) is 45.1 Å². The summed E-state index contributed by atoms with van der Waals surface area (Å²) in [6.07, 6.45) is 8.04. The molecule has 0 saturated carbocycles. The van der Waals surface area contributed by atoms with Gasteiger partial charge in [-0.2, -0.15) is 0 Å². The molecular formula is C17H22FNO2. The van der Waals surface area contributed by atoms with Gasteiger partial charge in [-0.15, -0.1) is 0 Å². The average molecular weight is 291 g/mol. The fourth-order valence-electron chi connectivity index (χ4n) is 2.98. The Kier molecular flexibility index (Phi) is 5.37. The molecule has 1 heterocycles. The molecule has 1 unspecified atom stereocenters. The molecule has 0 amide bonds. The molecule has 0 aromatic heterocycles. The number of rotatable bonds is 5. The zero-order chi connectivity index (χ0) is 15.2. The molecule has 1 saturated heterocycles. The largest absolute Gasteiger partial charge is 0.478 e. The maximum atomic E-state index is 14.3. The third kappa shape index (κ3) is 4.06. The van der Waals surface area contributed by atoms with Gasteiger partial charge in [0.2, 0.25) is 0 Å². The summed E-state index contributed by atoms with van der Waals surface area (Å²) < 4.78 is 14.3. The van der Waals surface area contributed by atoms with Gasteiger partial charge < -0.3 is 10.0 Å². The molecule has 1 atom stereocenters. The second kappa shape index (κ2) is 7.25. The lowest BCUT2D eigenvalue weighted by Gasteiger charge is -2.37. The van der Waals surface area contributed by atoms with Crippen LogP contribution >= 0.6 is 0 Å². The third-order valence-electron chi connectivity index (χ3n) is 3.95. The molecule has 0 aliphatic carbocycles. The average Bonchev–Trinajstić information content (AvgIpc) is 2.46. The minimum atomic E-state index is -1.03. The molecule has 0 radical (unpaired) electrons. The maximum absolute atomic E-state index is 14.3. The second-order valence-electron chi connectivity index (χ2n) is 5.51. The first kappa shape index (κ1) is 15.5. The van der Waals surface area contributed by atoms with Crippen molar-refractivity contribution in [1.82, 2.24) is 0 Å². The summed E-state index contributed by atoms with van der Waals surface area (Å²) in [5, 5.41) is 8.61. The Morgan fingerprint density at radius 3 is 2.95 bits per heavy atom. The minimum absolute atomic E-state index is 0.273. The highest BCUT2D eigenvalue weighted by Crippen LogP contribution is 2.30. The van der Waals surface area contributed by atoms with Gasteiger partial charge in [0.1, 0.15) is 5.82 Å². The Bertz CT molecular complexity index is 526. The van der Waals surface area contributed by atoms with Crippen molar-refractivity contribution in [2.24, 2.45) is 0 Å². The van der Waals surface area contributed by atoms with E-state index < -0.39 is 5.97 Å².